The minimum absolute atomic E-state index is 0.155. The number of anilines is 2. The number of aromatic nitrogens is 4. The van der Waals surface area contributed by atoms with Gasteiger partial charge in [-0.1, -0.05) is 6.07 Å². The van der Waals surface area contributed by atoms with Crippen LogP contribution < -0.4 is 21.5 Å². The van der Waals surface area contributed by atoms with Gasteiger partial charge in [0, 0.05) is 32.2 Å². The summed E-state index contributed by atoms with van der Waals surface area (Å²) in [6, 6.07) is 8.07. The Morgan fingerprint density at radius 1 is 1.11 bits per heavy atom. The number of hydrogen-bond donors (Lipinski definition) is 2. The number of fused-ring (bicyclic) bond motifs is 1. The molecule has 0 bridgehead atoms. The number of carbonyl (C=O) groups is 1. The third-order valence-electron chi connectivity index (χ3n) is 6.23. The van der Waals surface area contributed by atoms with E-state index >= 15 is 0 Å². The Labute approximate surface area is 207 Å². The van der Waals surface area contributed by atoms with Crippen molar-refractivity contribution in [1.29, 1.82) is 0 Å². The summed E-state index contributed by atoms with van der Waals surface area (Å²) in [6.45, 7) is 0.928. The predicted octanol–water partition coefficient (Wildman–Crippen LogP) is 3.12. The van der Waals surface area contributed by atoms with Crippen LogP contribution in [0.15, 0.2) is 47.3 Å². The summed E-state index contributed by atoms with van der Waals surface area (Å²) < 4.78 is 57.4. The lowest BCUT2D eigenvalue weighted by Crippen LogP contribution is -2.28. The number of nitrogens with two attached hydrogens (primary N) is 1. The van der Waals surface area contributed by atoms with Gasteiger partial charge in [-0.15, -0.1) is 0 Å². The van der Waals surface area contributed by atoms with Gasteiger partial charge in [-0.05, 0) is 36.8 Å². The molecule has 1 aliphatic rings. The largest absolute Gasteiger partial charge is 0.366 e. The van der Waals surface area contributed by atoms with Crippen LogP contribution in [0.25, 0.3) is 16.7 Å². The van der Waals surface area contributed by atoms with Crippen LogP contribution in [-0.2, 0) is 7.05 Å². The van der Waals surface area contributed by atoms with Crippen molar-refractivity contribution in [3.8, 4) is 5.69 Å². The lowest BCUT2D eigenvalue weighted by Gasteiger charge is -2.22. The number of halogens is 4. The Bertz CT molecular complexity index is 1560. The fourth-order valence-corrected chi connectivity index (χ4v) is 4.44. The molecule has 1 saturated heterocycles. The summed E-state index contributed by atoms with van der Waals surface area (Å²) in [5.74, 6) is -3.28. The topological polar surface area (TPSA) is 111 Å². The minimum Gasteiger partial charge on any atom is -0.366 e. The third-order valence-corrected chi connectivity index (χ3v) is 6.23. The minimum atomic E-state index is -2.81. The van der Waals surface area contributed by atoms with Gasteiger partial charge in [0.25, 0.3) is 17.9 Å². The summed E-state index contributed by atoms with van der Waals surface area (Å²) in [6.07, 6.45) is -2.16. The monoisotopic (exact) mass is 515 g/mol. The quantitative estimate of drug-likeness (QED) is 0.395. The summed E-state index contributed by atoms with van der Waals surface area (Å²) in [7, 11) is 1.48. The van der Waals surface area contributed by atoms with Crippen LogP contribution in [0.3, 0.4) is 0 Å². The number of benzene rings is 2. The van der Waals surface area contributed by atoms with Gasteiger partial charge in [0.15, 0.2) is 17.5 Å². The average Bonchev–Trinajstić information content (AvgIpc) is 3.43. The van der Waals surface area contributed by atoms with E-state index in [4.69, 9.17) is 5.73 Å². The normalized spacial score (nSPS) is 15.6. The van der Waals surface area contributed by atoms with Gasteiger partial charge in [0.05, 0.1) is 16.9 Å². The summed E-state index contributed by atoms with van der Waals surface area (Å²) >= 11 is 0. The van der Waals surface area contributed by atoms with E-state index in [9.17, 15) is 27.2 Å². The molecule has 1 aliphatic heterocycles. The van der Waals surface area contributed by atoms with E-state index in [-0.39, 0.29) is 22.9 Å². The molecule has 2 aromatic heterocycles. The van der Waals surface area contributed by atoms with E-state index in [2.05, 4.69) is 15.4 Å². The second kappa shape index (κ2) is 9.32. The smallest absolute Gasteiger partial charge is 0.295 e. The maximum Gasteiger partial charge on any atom is 0.295 e. The Hall–Kier alpha value is -4.26. The highest BCUT2D eigenvalue weighted by Crippen LogP contribution is 2.37. The number of nitrogens with zero attached hydrogens (tertiary/aromatic N) is 5. The Morgan fingerprint density at radius 3 is 2.49 bits per heavy atom. The lowest BCUT2D eigenvalue weighted by atomic mass is 10.2. The van der Waals surface area contributed by atoms with Crippen LogP contribution in [-0.4, -0.2) is 44.4 Å². The maximum atomic E-state index is 14.3. The van der Waals surface area contributed by atoms with Crippen molar-refractivity contribution >= 4 is 28.3 Å². The molecule has 192 valence electrons. The first-order valence-electron chi connectivity index (χ1n) is 11.3. The molecule has 1 amide bonds. The van der Waals surface area contributed by atoms with Crippen LogP contribution in [0, 0.1) is 11.6 Å². The SMILES string of the molecule is Cn1c(C(F)F)nc2c(N3CC[C@@H](N)C3)c(NC(=O)c3ccc(=O)n(-c4c(F)cccc4F)n3)ccc21. The van der Waals surface area contributed by atoms with Crippen molar-refractivity contribution in [2.45, 2.75) is 18.9 Å². The molecule has 0 radical (unpaired) electrons. The molecule has 2 aromatic carbocycles. The fourth-order valence-electron chi connectivity index (χ4n) is 4.44. The van der Waals surface area contributed by atoms with Gasteiger partial charge in [-0.25, -0.2) is 22.5 Å². The first-order valence-corrected chi connectivity index (χ1v) is 11.3. The molecule has 1 atom stereocenters. The highest BCUT2D eigenvalue weighted by Gasteiger charge is 2.28. The molecule has 5 rings (SSSR count). The number of carbonyl (C=O) groups excluding carboxylic acids is 1. The molecule has 4 aromatic rings. The van der Waals surface area contributed by atoms with E-state index in [1.165, 1.54) is 11.6 Å². The van der Waals surface area contributed by atoms with Crippen LogP contribution in [0.5, 0.6) is 0 Å². The van der Waals surface area contributed by atoms with Gasteiger partial charge in [0.1, 0.15) is 16.9 Å². The molecular formula is C24H21F4N7O2. The van der Waals surface area contributed by atoms with Crippen molar-refractivity contribution in [2.75, 3.05) is 23.3 Å². The van der Waals surface area contributed by atoms with Crippen molar-refractivity contribution in [3.63, 3.8) is 0 Å². The van der Waals surface area contributed by atoms with Crippen molar-refractivity contribution in [3.05, 3.63) is 76.0 Å². The number of para-hydroxylation sites is 1. The number of hydrogen-bond acceptors (Lipinski definition) is 6. The third kappa shape index (κ3) is 4.31. The van der Waals surface area contributed by atoms with Gasteiger partial charge < -0.3 is 20.5 Å². The van der Waals surface area contributed by atoms with Gasteiger partial charge in [0.2, 0.25) is 0 Å². The Kier molecular flexibility index (Phi) is 6.15. The van der Waals surface area contributed by atoms with E-state index in [0.717, 1.165) is 30.3 Å². The molecular weight excluding hydrogens is 494 g/mol. The predicted molar refractivity (Wildman–Crippen MR) is 128 cm³/mol. The molecule has 0 spiro atoms. The lowest BCUT2D eigenvalue weighted by molar-refractivity contribution is 0.102. The zero-order chi connectivity index (χ0) is 26.4. The maximum absolute atomic E-state index is 14.3. The molecule has 9 nitrogen and oxygen atoms in total. The summed E-state index contributed by atoms with van der Waals surface area (Å²) in [4.78, 5) is 31.5. The van der Waals surface area contributed by atoms with Crippen molar-refractivity contribution < 1.29 is 22.4 Å². The van der Waals surface area contributed by atoms with Crippen LogP contribution in [0.4, 0.5) is 28.9 Å². The standard InChI is InChI=1S/C24H21F4N7O2/c1-33-17-7-5-15(21(34-10-9-12(29)11-34)19(17)31-23(33)22(27)28)30-24(37)16-6-8-18(36)35(32-16)20-13(25)3-2-4-14(20)26/h2-8,12,22H,9-11,29H2,1H3,(H,30,37)/t12-/m1/s1. The zero-order valence-electron chi connectivity index (χ0n) is 19.5. The Balaban J connectivity index is 1.58. The molecule has 37 heavy (non-hydrogen) atoms. The Morgan fingerprint density at radius 2 is 1.84 bits per heavy atom. The molecule has 1 fully saturated rings. The molecule has 0 saturated carbocycles. The van der Waals surface area contributed by atoms with E-state index < -0.39 is 41.0 Å². The molecule has 0 aliphatic carbocycles. The van der Waals surface area contributed by atoms with E-state index in [1.54, 1.807) is 12.1 Å². The molecule has 13 heteroatoms. The van der Waals surface area contributed by atoms with Crippen molar-refractivity contribution in [1.82, 2.24) is 19.3 Å². The first-order chi connectivity index (χ1) is 17.7. The second-order valence-electron chi connectivity index (χ2n) is 8.65. The highest BCUT2D eigenvalue weighted by molar-refractivity contribution is 6.08. The van der Waals surface area contributed by atoms with Crippen LogP contribution >= 0.6 is 0 Å². The molecule has 3 N–H and O–H groups in total. The average molecular weight is 515 g/mol. The van der Waals surface area contributed by atoms with Gasteiger partial charge in [-0.2, -0.15) is 9.78 Å². The summed E-state index contributed by atoms with van der Waals surface area (Å²) in [5.41, 5.74) is 5.55. The zero-order valence-corrected chi connectivity index (χ0v) is 19.5. The van der Waals surface area contributed by atoms with Crippen LogP contribution in [0.1, 0.15) is 29.2 Å². The number of aryl methyl sites for hydroxylation is 1. The van der Waals surface area contributed by atoms with E-state index in [0.29, 0.717) is 35.4 Å². The van der Waals surface area contributed by atoms with Crippen LogP contribution in [0.2, 0.25) is 0 Å². The number of nitrogens with one attached hydrogen (secondary N) is 1. The number of amides is 1. The first kappa shape index (κ1) is 24.4. The molecule has 0 unspecified atom stereocenters. The number of rotatable bonds is 5. The number of alkyl halides is 2. The van der Waals surface area contributed by atoms with Gasteiger partial charge >= 0.3 is 0 Å². The van der Waals surface area contributed by atoms with E-state index in [1.807, 2.05) is 4.90 Å². The van der Waals surface area contributed by atoms with Crippen molar-refractivity contribution in [2.24, 2.45) is 12.8 Å². The van der Waals surface area contributed by atoms with Gasteiger partial charge in [-0.3, -0.25) is 9.59 Å². The molecule has 3 heterocycles. The summed E-state index contributed by atoms with van der Waals surface area (Å²) in [5, 5.41) is 6.54. The number of imidazole rings is 1. The second-order valence-corrected chi connectivity index (χ2v) is 8.65. The fraction of sp³-hybridized carbons (Fsp3) is 0.250. The highest BCUT2D eigenvalue weighted by atomic mass is 19.3.